The molecule has 0 saturated heterocycles. The fourth-order valence-corrected chi connectivity index (χ4v) is 4.87. The predicted molar refractivity (Wildman–Crippen MR) is 131 cm³/mol. The number of amides is 3. The summed E-state index contributed by atoms with van der Waals surface area (Å²) in [6.07, 6.45) is 0.311. The highest BCUT2D eigenvalue weighted by Gasteiger charge is 2.23. The van der Waals surface area contributed by atoms with E-state index in [0.29, 0.717) is 32.6 Å². The molecule has 0 saturated carbocycles. The van der Waals surface area contributed by atoms with Crippen LogP contribution in [0.25, 0.3) is 10.2 Å². The third kappa shape index (κ3) is 5.72. The monoisotopic (exact) mass is 499 g/mol. The van der Waals surface area contributed by atoms with Gasteiger partial charge in [-0.15, -0.1) is 11.3 Å². The molecule has 0 radical (unpaired) electrons. The van der Waals surface area contributed by atoms with E-state index < -0.39 is 11.8 Å². The molecule has 3 amide bonds. The third-order valence-electron chi connectivity index (χ3n) is 4.79. The number of carbonyl (C=O) groups is 3. The average Bonchev–Trinajstić information content (AvgIpc) is 3.43. The molecule has 0 aliphatic heterocycles. The van der Waals surface area contributed by atoms with Crippen molar-refractivity contribution in [2.24, 2.45) is 5.73 Å². The van der Waals surface area contributed by atoms with E-state index >= 15 is 0 Å². The normalized spacial score (nSPS) is 11.8. The zero-order valence-electron chi connectivity index (χ0n) is 17.1. The number of nitrogens with one attached hydrogen (secondary N) is 2. The molecule has 0 bridgehead atoms. The maximum absolute atomic E-state index is 13.1. The molecular weight excluding hydrogens is 482 g/mol. The van der Waals surface area contributed by atoms with E-state index in [1.54, 1.807) is 53.4 Å². The van der Waals surface area contributed by atoms with Gasteiger partial charge in [-0.3, -0.25) is 14.4 Å². The fraction of sp³-hybridized carbons (Fsp3) is 0.136. The van der Waals surface area contributed by atoms with Crippen molar-refractivity contribution < 1.29 is 14.4 Å². The van der Waals surface area contributed by atoms with Gasteiger partial charge in [-0.2, -0.15) is 0 Å². The Morgan fingerprint density at radius 1 is 1.12 bits per heavy atom. The largest absolute Gasteiger partial charge is 0.370 e. The van der Waals surface area contributed by atoms with Gasteiger partial charge in [-0.05, 0) is 42.3 Å². The average molecular weight is 500 g/mol. The van der Waals surface area contributed by atoms with Crippen molar-refractivity contribution in [3.05, 3.63) is 69.6 Å². The van der Waals surface area contributed by atoms with E-state index in [-0.39, 0.29) is 24.7 Å². The number of primary amides is 1. The summed E-state index contributed by atoms with van der Waals surface area (Å²) in [7, 11) is 0. The molecule has 4 aromatic rings. The Bertz CT molecular complexity index is 1320. The molecule has 33 heavy (non-hydrogen) atoms. The molecule has 8 nitrogen and oxygen atoms in total. The molecule has 0 aliphatic carbocycles. The lowest BCUT2D eigenvalue weighted by molar-refractivity contribution is -0.119. The van der Waals surface area contributed by atoms with Crippen molar-refractivity contribution in [3.63, 3.8) is 0 Å². The van der Waals surface area contributed by atoms with Crippen LogP contribution in [-0.4, -0.2) is 27.7 Å². The Hall–Kier alpha value is -3.34. The highest BCUT2D eigenvalue weighted by molar-refractivity contribution is 7.22. The molecule has 0 spiro atoms. The van der Waals surface area contributed by atoms with Crippen LogP contribution in [0.4, 0.5) is 10.8 Å². The van der Waals surface area contributed by atoms with Crippen molar-refractivity contribution >= 4 is 73.0 Å². The number of rotatable bonds is 8. The second kappa shape index (κ2) is 10.1. The molecule has 2 aromatic heterocycles. The SMILES string of the molecule is NC(=O)CCC(C(=O)Nc1nc2ccc(NC(=O)c3cscn3)cc2s1)c1cccc(Cl)c1. The number of anilines is 2. The standard InChI is InChI=1S/C22H18ClN5O3S2/c23-13-3-1-2-12(8-13)15(5-7-19(24)29)20(30)28-22-27-16-6-4-14(9-18(16)33-22)26-21(31)17-10-32-11-25-17/h1-4,6,8-11,15H,5,7H2,(H2,24,29)(H,26,31)(H,27,28,30). The predicted octanol–water partition coefficient (Wildman–Crippen LogP) is 4.65. The second-order valence-corrected chi connectivity index (χ2v) is 9.32. The zero-order valence-corrected chi connectivity index (χ0v) is 19.5. The Labute approximate surface area is 201 Å². The minimum absolute atomic E-state index is 0.0620. The van der Waals surface area contributed by atoms with Crippen LogP contribution in [0.2, 0.25) is 5.02 Å². The van der Waals surface area contributed by atoms with Crippen LogP contribution < -0.4 is 16.4 Å². The number of nitrogens with zero attached hydrogens (tertiary/aromatic N) is 2. The first kappa shape index (κ1) is 22.8. The topological polar surface area (TPSA) is 127 Å². The number of benzene rings is 2. The summed E-state index contributed by atoms with van der Waals surface area (Å²) in [6.45, 7) is 0. The van der Waals surface area contributed by atoms with Crippen molar-refractivity contribution in [2.75, 3.05) is 10.6 Å². The first-order valence-electron chi connectivity index (χ1n) is 9.84. The number of hydrogen-bond acceptors (Lipinski definition) is 7. The molecule has 168 valence electrons. The van der Waals surface area contributed by atoms with Crippen LogP contribution in [0.5, 0.6) is 0 Å². The zero-order chi connectivity index (χ0) is 23.4. The summed E-state index contributed by atoms with van der Waals surface area (Å²) in [5.41, 5.74) is 9.20. The van der Waals surface area contributed by atoms with Gasteiger partial charge in [0.25, 0.3) is 5.91 Å². The molecule has 11 heteroatoms. The van der Waals surface area contributed by atoms with Gasteiger partial charge < -0.3 is 16.4 Å². The van der Waals surface area contributed by atoms with E-state index in [0.717, 1.165) is 4.70 Å². The summed E-state index contributed by atoms with van der Waals surface area (Å²) in [6, 6.07) is 12.2. The number of fused-ring (bicyclic) bond motifs is 1. The van der Waals surface area contributed by atoms with Crippen LogP contribution in [0.1, 0.15) is 34.8 Å². The molecule has 2 aromatic carbocycles. The number of carbonyl (C=O) groups excluding carboxylic acids is 3. The first-order chi connectivity index (χ1) is 15.9. The molecule has 1 unspecified atom stereocenters. The Balaban J connectivity index is 1.51. The quantitative estimate of drug-likeness (QED) is 0.325. The third-order valence-corrected chi connectivity index (χ3v) is 6.54. The summed E-state index contributed by atoms with van der Waals surface area (Å²) >= 11 is 8.71. The van der Waals surface area contributed by atoms with Gasteiger partial charge in [-0.1, -0.05) is 35.1 Å². The maximum Gasteiger partial charge on any atom is 0.275 e. The smallest absolute Gasteiger partial charge is 0.275 e. The van der Waals surface area contributed by atoms with Crippen LogP contribution >= 0.6 is 34.3 Å². The number of halogens is 1. The van der Waals surface area contributed by atoms with Gasteiger partial charge >= 0.3 is 0 Å². The summed E-state index contributed by atoms with van der Waals surface area (Å²) in [4.78, 5) is 45.0. The Morgan fingerprint density at radius 3 is 2.70 bits per heavy atom. The molecule has 4 N–H and O–H groups in total. The molecule has 1 atom stereocenters. The van der Waals surface area contributed by atoms with Gasteiger partial charge in [0, 0.05) is 22.5 Å². The van der Waals surface area contributed by atoms with E-state index in [1.807, 2.05) is 0 Å². The highest BCUT2D eigenvalue weighted by Crippen LogP contribution is 2.31. The number of nitrogens with two attached hydrogens (primary N) is 1. The van der Waals surface area contributed by atoms with Gasteiger partial charge in [0.05, 0.1) is 21.6 Å². The van der Waals surface area contributed by atoms with E-state index in [1.165, 1.54) is 22.7 Å². The molecular formula is C22H18ClN5O3S2. The Morgan fingerprint density at radius 2 is 1.97 bits per heavy atom. The van der Waals surface area contributed by atoms with Gasteiger partial charge in [0.2, 0.25) is 11.8 Å². The van der Waals surface area contributed by atoms with E-state index in [9.17, 15) is 14.4 Å². The van der Waals surface area contributed by atoms with E-state index in [4.69, 9.17) is 17.3 Å². The number of thiazole rings is 2. The summed E-state index contributed by atoms with van der Waals surface area (Å²) < 4.78 is 0.790. The maximum atomic E-state index is 13.1. The van der Waals surface area contributed by atoms with Crippen molar-refractivity contribution in [3.8, 4) is 0 Å². The number of aromatic nitrogens is 2. The van der Waals surface area contributed by atoms with E-state index in [2.05, 4.69) is 20.6 Å². The molecule has 0 fully saturated rings. The lowest BCUT2D eigenvalue weighted by Crippen LogP contribution is -2.23. The fourth-order valence-electron chi connectivity index (χ4n) is 3.23. The molecule has 0 aliphatic rings. The second-order valence-electron chi connectivity index (χ2n) is 7.13. The van der Waals surface area contributed by atoms with Crippen LogP contribution in [-0.2, 0) is 9.59 Å². The Kier molecular flexibility index (Phi) is 6.97. The first-order valence-corrected chi connectivity index (χ1v) is 12.0. The van der Waals surface area contributed by atoms with Crippen LogP contribution in [0.3, 0.4) is 0 Å². The molecule has 4 rings (SSSR count). The lowest BCUT2D eigenvalue weighted by Gasteiger charge is -2.16. The van der Waals surface area contributed by atoms with Crippen molar-refractivity contribution in [1.82, 2.24) is 9.97 Å². The van der Waals surface area contributed by atoms with Crippen LogP contribution in [0.15, 0.2) is 53.4 Å². The van der Waals surface area contributed by atoms with Crippen molar-refractivity contribution in [1.29, 1.82) is 0 Å². The van der Waals surface area contributed by atoms with Gasteiger partial charge in [-0.25, -0.2) is 9.97 Å². The van der Waals surface area contributed by atoms with Gasteiger partial charge in [0.15, 0.2) is 5.13 Å². The minimum Gasteiger partial charge on any atom is -0.370 e. The van der Waals surface area contributed by atoms with Gasteiger partial charge in [0.1, 0.15) is 5.69 Å². The summed E-state index contributed by atoms with van der Waals surface area (Å²) in [5, 5.41) is 8.21. The number of hydrogen-bond donors (Lipinski definition) is 3. The highest BCUT2D eigenvalue weighted by atomic mass is 35.5. The minimum atomic E-state index is -0.615. The summed E-state index contributed by atoms with van der Waals surface area (Å²) in [5.74, 6) is -1.71. The molecule has 2 heterocycles. The lowest BCUT2D eigenvalue weighted by atomic mass is 9.93. The van der Waals surface area contributed by atoms with Crippen molar-refractivity contribution in [2.45, 2.75) is 18.8 Å². The van der Waals surface area contributed by atoms with Crippen LogP contribution in [0, 0.1) is 0 Å².